The monoisotopic (exact) mass is 457 g/mol. The largest absolute Gasteiger partial charge is 0.378 e. The number of hydrogen-bond donors (Lipinski definition) is 1. The molecular formula is C27H31N5O2. The molecule has 34 heavy (non-hydrogen) atoms. The number of nitrogens with zero attached hydrogens (tertiary/aromatic N) is 4. The second-order valence-electron chi connectivity index (χ2n) is 9.91. The Kier molecular flexibility index (Phi) is 5.96. The maximum absolute atomic E-state index is 12.8. The molecule has 1 fully saturated rings. The number of rotatable bonds is 4. The smallest absolute Gasteiger partial charge is 0.255 e. The van der Waals surface area contributed by atoms with Gasteiger partial charge in [-0.05, 0) is 47.4 Å². The second-order valence-corrected chi connectivity index (χ2v) is 9.91. The number of aromatic nitrogens is 2. The predicted octanol–water partition coefficient (Wildman–Crippen LogP) is 4.38. The van der Waals surface area contributed by atoms with E-state index in [0.29, 0.717) is 5.56 Å². The Morgan fingerprint density at radius 2 is 1.74 bits per heavy atom. The van der Waals surface area contributed by atoms with Gasteiger partial charge in [-0.2, -0.15) is 0 Å². The molecule has 0 saturated carbocycles. The van der Waals surface area contributed by atoms with Crippen molar-refractivity contribution in [2.24, 2.45) is 0 Å². The molecule has 0 spiro atoms. The maximum atomic E-state index is 12.8. The number of carbonyl (C=O) groups is 1. The highest BCUT2D eigenvalue weighted by molar-refractivity contribution is 6.04. The lowest BCUT2D eigenvalue weighted by atomic mass is 9.86. The van der Waals surface area contributed by atoms with E-state index >= 15 is 0 Å². The first-order valence-corrected chi connectivity index (χ1v) is 11.8. The molecule has 0 aliphatic carbocycles. The molecule has 7 nitrogen and oxygen atoms in total. The summed E-state index contributed by atoms with van der Waals surface area (Å²) in [4.78, 5) is 26.5. The molecule has 1 saturated heterocycles. The van der Waals surface area contributed by atoms with Crippen LogP contribution in [0.1, 0.15) is 48.0 Å². The summed E-state index contributed by atoms with van der Waals surface area (Å²) >= 11 is 0. The first-order valence-electron chi connectivity index (χ1n) is 11.8. The lowest BCUT2D eigenvalue weighted by molar-refractivity contribution is 0.102. The average Bonchev–Trinajstić information content (AvgIpc) is 3.29. The van der Waals surface area contributed by atoms with E-state index in [-0.39, 0.29) is 11.3 Å². The van der Waals surface area contributed by atoms with E-state index in [2.05, 4.69) is 64.1 Å². The molecule has 5 rings (SSSR count). The molecule has 2 aliphatic heterocycles. The van der Waals surface area contributed by atoms with Crippen LogP contribution in [-0.2, 0) is 23.2 Å². The van der Waals surface area contributed by atoms with Gasteiger partial charge in [-0.15, -0.1) is 0 Å². The van der Waals surface area contributed by atoms with Gasteiger partial charge in [0.15, 0.2) is 0 Å². The molecule has 0 atom stereocenters. The maximum Gasteiger partial charge on any atom is 0.255 e. The Bertz CT molecular complexity index is 1180. The Morgan fingerprint density at radius 3 is 2.47 bits per heavy atom. The standard InChI is InChI=1S/C27H31N5O2/c1-27(2,3)20-6-4-5-19(15-20)26(33)30-21-7-9-22(10-8-21)32-16-23-24(17-32)28-18-29-25(23)31-11-13-34-14-12-31/h4-10,15,18H,11-14,16-17H2,1-3H3,(H,30,33). The number of morpholine rings is 1. The van der Waals surface area contributed by atoms with Crippen molar-refractivity contribution in [1.29, 1.82) is 0 Å². The topological polar surface area (TPSA) is 70.6 Å². The average molecular weight is 458 g/mol. The van der Waals surface area contributed by atoms with Crippen molar-refractivity contribution in [3.8, 4) is 0 Å². The van der Waals surface area contributed by atoms with Gasteiger partial charge in [-0.25, -0.2) is 9.97 Å². The van der Waals surface area contributed by atoms with Crippen molar-refractivity contribution < 1.29 is 9.53 Å². The number of nitrogens with one attached hydrogen (secondary N) is 1. The molecule has 1 N–H and O–H groups in total. The Hall–Kier alpha value is -3.45. The fourth-order valence-corrected chi connectivity index (χ4v) is 4.48. The zero-order valence-corrected chi connectivity index (χ0v) is 20.0. The van der Waals surface area contributed by atoms with Crippen molar-refractivity contribution in [2.45, 2.75) is 39.3 Å². The summed E-state index contributed by atoms with van der Waals surface area (Å²) in [6.07, 6.45) is 1.67. The third-order valence-electron chi connectivity index (χ3n) is 6.49. The van der Waals surface area contributed by atoms with Gasteiger partial charge in [-0.1, -0.05) is 32.9 Å². The fourth-order valence-electron chi connectivity index (χ4n) is 4.48. The van der Waals surface area contributed by atoms with Gasteiger partial charge in [0.05, 0.1) is 25.5 Å². The van der Waals surface area contributed by atoms with Gasteiger partial charge in [0, 0.05) is 42.1 Å². The van der Waals surface area contributed by atoms with Gasteiger partial charge in [0.25, 0.3) is 5.91 Å². The second kappa shape index (κ2) is 9.06. The predicted molar refractivity (Wildman–Crippen MR) is 134 cm³/mol. The molecule has 0 bridgehead atoms. The van der Waals surface area contributed by atoms with Crippen molar-refractivity contribution >= 4 is 23.1 Å². The van der Waals surface area contributed by atoms with Gasteiger partial charge in [-0.3, -0.25) is 4.79 Å². The molecule has 3 aromatic rings. The van der Waals surface area contributed by atoms with Crippen molar-refractivity contribution in [2.75, 3.05) is 41.4 Å². The lowest BCUT2D eigenvalue weighted by Gasteiger charge is -2.29. The molecule has 2 aromatic carbocycles. The third kappa shape index (κ3) is 4.61. The highest BCUT2D eigenvalue weighted by Gasteiger charge is 2.27. The zero-order valence-electron chi connectivity index (χ0n) is 20.0. The van der Waals surface area contributed by atoms with Crippen LogP contribution in [0.15, 0.2) is 54.9 Å². The summed E-state index contributed by atoms with van der Waals surface area (Å²) in [5.74, 6) is 0.926. The van der Waals surface area contributed by atoms with Crippen LogP contribution in [0.25, 0.3) is 0 Å². The minimum Gasteiger partial charge on any atom is -0.378 e. The zero-order chi connectivity index (χ0) is 23.7. The van der Waals surface area contributed by atoms with Gasteiger partial charge >= 0.3 is 0 Å². The van der Waals surface area contributed by atoms with Crippen LogP contribution in [0.4, 0.5) is 17.2 Å². The van der Waals surface area contributed by atoms with Crippen LogP contribution in [0.5, 0.6) is 0 Å². The summed E-state index contributed by atoms with van der Waals surface area (Å²) in [5.41, 5.74) is 5.95. The summed E-state index contributed by atoms with van der Waals surface area (Å²) in [5, 5.41) is 3.03. The number of fused-ring (bicyclic) bond motifs is 1. The quantitative estimate of drug-likeness (QED) is 0.627. The van der Waals surface area contributed by atoms with Crippen LogP contribution in [-0.4, -0.2) is 42.2 Å². The minimum absolute atomic E-state index is 0.00272. The van der Waals surface area contributed by atoms with Crippen LogP contribution in [0.3, 0.4) is 0 Å². The molecule has 176 valence electrons. The van der Waals surface area contributed by atoms with Gasteiger partial charge in [0.2, 0.25) is 0 Å². The number of anilines is 3. The number of ether oxygens (including phenoxy) is 1. The van der Waals surface area contributed by atoms with Crippen molar-refractivity contribution in [1.82, 2.24) is 9.97 Å². The third-order valence-corrected chi connectivity index (χ3v) is 6.49. The Labute approximate surface area is 200 Å². The Morgan fingerprint density at radius 1 is 0.971 bits per heavy atom. The molecule has 7 heteroatoms. The van der Waals surface area contributed by atoms with E-state index in [1.54, 1.807) is 6.33 Å². The van der Waals surface area contributed by atoms with E-state index in [1.165, 1.54) is 5.56 Å². The lowest BCUT2D eigenvalue weighted by Crippen LogP contribution is -2.37. The molecule has 2 aliphatic rings. The number of benzene rings is 2. The SMILES string of the molecule is CC(C)(C)c1cccc(C(=O)Nc2ccc(N3Cc4ncnc(N5CCOCC5)c4C3)cc2)c1. The highest BCUT2D eigenvalue weighted by atomic mass is 16.5. The van der Waals surface area contributed by atoms with Gasteiger partial charge < -0.3 is 19.9 Å². The van der Waals surface area contributed by atoms with Crippen LogP contribution < -0.4 is 15.1 Å². The molecule has 0 unspecified atom stereocenters. The molecule has 1 amide bonds. The summed E-state index contributed by atoms with van der Waals surface area (Å²) < 4.78 is 5.49. The van der Waals surface area contributed by atoms with E-state index in [1.807, 2.05) is 30.3 Å². The van der Waals surface area contributed by atoms with Crippen LogP contribution in [0.2, 0.25) is 0 Å². The summed E-state index contributed by atoms with van der Waals surface area (Å²) in [6.45, 7) is 11.1. The van der Waals surface area contributed by atoms with E-state index in [4.69, 9.17) is 4.74 Å². The van der Waals surface area contributed by atoms with Gasteiger partial charge in [0.1, 0.15) is 12.1 Å². The Balaban J connectivity index is 1.27. The first kappa shape index (κ1) is 22.3. The number of amides is 1. The van der Waals surface area contributed by atoms with E-state index < -0.39 is 0 Å². The highest BCUT2D eigenvalue weighted by Crippen LogP contribution is 2.33. The fraction of sp³-hybridized carbons (Fsp3) is 0.370. The van der Waals surface area contributed by atoms with Crippen molar-refractivity contribution in [3.05, 3.63) is 77.2 Å². The normalized spacial score (nSPS) is 15.9. The van der Waals surface area contributed by atoms with E-state index in [9.17, 15) is 4.79 Å². The number of hydrogen-bond acceptors (Lipinski definition) is 6. The van der Waals surface area contributed by atoms with Crippen LogP contribution >= 0.6 is 0 Å². The van der Waals surface area contributed by atoms with Crippen molar-refractivity contribution in [3.63, 3.8) is 0 Å². The molecule has 3 heterocycles. The van der Waals surface area contributed by atoms with E-state index in [0.717, 1.165) is 67.8 Å². The molecule has 1 aromatic heterocycles. The molecule has 0 radical (unpaired) electrons. The minimum atomic E-state index is -0.0992. The number of carbonyl (C=O) groups excluding carboxylic acids is 1. The first-order chi connectivity index (χ1) is 16.4. The summed E-state index contributed by atoms with van der Waals surface area (Å²) in [6, 6.07) is 15.8. The molecular weight excluding hydrogens is 426 g/mol. The van der Waals surface area contributed by atoms with Crippen LogP contribution in [0, 0.1) is 0 Å². The summed E-state index contributed by atoms with van der Waals surface area (Å²) in [7, 11) is 0.